The summed E-state index contributed by atoms with van der Waals surface area (Å²) >= 11 is 0. The fourth-order valence-electron chi connectivity index (χ4n) is 1.22. The zero-order valence-corrected chi connectivity index (χ0v) is 8.08. The van der Waals surface area contributed by atoms with Gasteiger partial charge in [-0.25, -0.2) is 13.2 Å². The van der Waals surface area contributed by atoms with Gasteiger partial charge in [0.1, 0.15) is 0 Å². The maximum atomic E-state index is 11.0. The second kappa shape index (κ2) is 3.63. The summed E-state index contributed by atoms with van der Waals surface area (Å²) in [6.07, 6.45) is -0.977. The highest BCUT2D eigenvalue weighted by Gasteiger charge is 2.30. The van der Waals surface area contributed by atoms with E-state index in [9.17, 15) is 13.2 Å². The molecule has 1 heterocycles. The average molecular weight is 208 g/mol. The average Bonchev–Trinajstić information content (AvgIpc) is 2.30. The van der Waals surface area contributed by atoms with Gasteiger partial charge in [-0.15, -0.1) is 0 Å². The first kappa shape index (κ1) is 10.5. The molecule has 1 fully saturated rings. The molecule has 1 aliphatic rings. The van der Waals surface area contributed by atoms with Gasteiger partial charge >= 0.3 is 5.97 Å². The highest BCUT2D eigenvalue weighted by molar-refractivity contribution is 7.91. The third-order valence-corrected chi connectivity index (χ3v) is 3.67. The third-order valence-electron chi connectivity index (χ3n) is 1.93. The van der Waals surface area contributed by atoms with Gasteiger partial charge in [-0.3, -0.25) is 0 Å². The number of ether oxygens (including phenoxy) is 1. The summed E-state index contributed by atoms with van der Waals surface area (Å²) in [6, 6.07) is 0. The minimum atomic E-state index is -2.98. The Kier molecular flexibility index (Phi) is 2.92. The van der Waals surface area contributed by atoms with Crippen LogP contribution in [-0.2, 0) is 19.4 Å². The van der Waals surface area contributed by atoms with E-state index in [-0.39, 0.29) is 11.5 Å². The lowest BCUT2D eigenvalue weighted by molar-refractivity contribution is -0.151. The molecule has 0 spiro atoms. The van der Waals surface area contributed by atoms with Crippen LogP contribution >= 0.6 is 0 Å². The molecule has 0 aliphatic carbocycles. The Morgan fingerprint density at radius 1 is 1.62 bits per heavy atom. The van der Waals surface area contributed by atoms with Crippen molar-refractivity contribution in [1.82, 2.24) is 0 Å². The summed E-state index contributed by atoms with van der Waals surface area (Å²) in [5, 5.41) is 8.50. The maximum absolute atomic E-state index is 11.0. The molecule has 1 aliphatic heterocycles. The third kappa shape index (κ3) is 2.96. The molecule has 1 N–H and O–H groups in total. The van der Waals surface area contributed by atoms with Gasteiger partial charge in [-0.2, -0.15) is 0 Å². The second-order valence-corrected chi connectivity index (χ2v) is 5.37. The van der Waals surface area contributed by atoms with Crippen LogP contribution in [0.25, 0.3) is 0 Å². The minimum absolute atomic E-state index is 0.0510. The van der Waals surface area contributed by atoms with Gasteiger partial charge < -0.3 is 9.84 Å². The lowest BCUT2D eigenvalue weighted by Crippen LogP contribution is -2.27. The van der Waals surface area contributed by atoms with Crippen molar-refractivity contribution < 1.29 is 23.1 Å². The molecule has 76 valence electrons. The Bertz CT molecular complexity index is 294. The first-order chi connectivity index (χ1) is 5.91. The van der Waals surface area contributed by atoms with Crippen molar-refractivity contribution in [2.24, 2.45) is 0 Å². The molecule has 5 nitrogen and oxygen atoms in total. The first-order valence-electron chi connectivity index (χ1n) is 3.99. The molecule has 1 rings (SSSR count). The van der Waals surface area contributed by atoms with Crippen molar-refractivity contribution in [2.75, 3.05) is 11.5 Å². The number of carboxylic acids is 1. The molecule has 0 bridgehead atoms. The van der Waals surface area contributed by atoms with Crippen molar-refractivity contribution in [3.8, 4) is 0 Å². The molecule has 1 saturated heterocycles. The van der Waals surface area contributed by atoms with Crippen LogP contribution in [0.3, 0.4) is 0 Å². The molecule has 6 heteroatoms. The molecular formula is C7H12O5S. The van der Waals surface area contributed by atoms with Gasteiger partial charge in [0.25, 0.3) is 0 Å². The van der Waals surface area contributed by atoms with Crippen LogP contribution in [0.2, 0.25) is 0 Å². The number of rotatable bonds is 3. The summed E-state index contributed by atoms with van der Waals surface area (Å²) in [5.74, 6) is -1.02. The van der Waals surface area contributed by atoms with Gasteiger partial charge in [-0.05, 0) is 13.3 Å². The predicted octanol–water partition coefficient (Wildman–Crippen LogP) is -0.337. The monoisotopic (exact) mass is 208 g/mol. The first-order valence-corrected chi connectivity index (χ1v) is 5.81. The van der Waals surface area contributed by atoms with E-state index < -0.39 is 28.0 Å². The fraction of sp³-hybridized carbons (Fsp3) is 0.857. The van der Waals surface area contributed by atoms with E-state index >= 15 is 0 Å². The number of carbonyl (C=O) groups is 1. The highest BCUT2D eigenvalue weighted by atomic mass is 32.2. The van der Waals surface area contributed by atoms with Gasteiger partial charge in [0.2, 0.25) is 0 Å². The largest absolute Gasteiger partial charge is 0.479 e. The van der Waals surface area contributed by atoms with Crippen LogP contribution in [0, 0.1) is 0 Å². The molecule has 2 unspecified atom stereocenters. The highest BCUT2D eigenvalue weighted by Crippen LogP contribution is 2.16. The molecule has 0 aromatic rings. The predicted molar refractivity (Wildman–Crippen MR) is 45.2 cm³/mol. The number of hydrogen-bond donors (Lipinski definition) is 1. The van der Waals surface area contributed by atoms with Gasteiger partial charge in [0, 0.05) is 0 Å². The number of hydrogen-bond acceptors (Lipinski definition) is 4. The molecule has 0 saturated carbocycles. The normalized spacial score (nSPS) is 28.5. The van der Waals surface area contributed by atoms with Crippen molar-refractivity contribution >= 4 is 15.8 Å². The molecule has 0 aromatic heterocycles. The van der Waals surface area contributed by atoms with Crippen molar-refractivity contribution in [3.63, 3.8) is 0 Å². The SMILES string of the molecule is CC(OC1CCS(=O)(=O)C1)C(=O)O. The van der Waals surface area contributed by atoms with Crippen LogP contribution in [0.15, 0.2) is 0 Å². The van der Waals surface area contributed by atoms with Crippen molar-refractivity contribution in [3.05, 3.63) is 0 Å². The maximum Gasteiger partial charge on any atom is 0.332 e. The standard InChI is InChI=1S/C7H12O5S/c1-5(7(8)9)12-6-2-3-13(10,11)4-6/h5-6H,2-4H2,1H3,(H,8,9). The molecule has 0 radical (unpaired) electrons. The van der Waals surface area contributed by atoms with Crippen LogP contribution in [0.1, 0.15) is 13.3 Å². The summed E-state index contributed by atoms with van der Waals surface area (Å²) < 4.78 is 27.0. The summed E-state index contributed by atoms with van der Waals surface area (Å²) in [7, 11) is -2.98. The topological polar surface area (TPSA) is 80.7 Å². The van der Waals surface area contributed by atoms with Crippen LogP contribution < -0.4 is 0 Å². The number of carboxylic acid groups (broad SMARTS) is 1. The number of sulfone groups is 1. The molecular weight excluding hydrogens is 196 g/mol. The number of aliphatic carboxylic acids is 1. The van der Waals surface area contributed by atoms with E-state index in [1.807, 2.05) is 0 Å². The summed E-state index contributed by atoms with van der Waals surface area (Å²) in [5.41, 5.74) is 0. The Hall–Kier alpha value is -0.620. The van der Waals surface area contributed by atoms with Gasteiger partial charge in [0.15, 0.2) is 15.9 Å². The minimum Gasteiger partial charge on any atom is -0.479 e. The van der Waals surface area contributed by atoms with E-state index in [0.29, 0.717) is 6.42 Å². The zero-order chi connectivity index (χ0) is 10.1. The van der Waals surface area contributed by atoms with Gasteiger partial charge in [0.05, 0.1) is 17.6 Å². The molecule has 0 amide bonds. The Morgan fingerprint density at radius 3 is 2.62 bits per heavy atom. The van der Waals surface area contributed by atoms with E-state index in [1.54, 1.807) is 0 Å². The molecule has 2 atom stereocenters. The second-order valence-electron chi connectivity index (χ2n) is 3.14. The summed E-state index contributed by atoms with van der Waals surface area (Å²) in [4.78, 5) is 10.4. The van der Waals surface area contributed by atoms with Crippen LogP contribution in [0.4, 0.5) is 0 Å². The molecule has 13 heavy (non-hydrogen) atoms. The lowest BCUT2D eigenvalue weighted by Gasteiger charge is -2.13. The Morgan fingerprint density at radius 2 is 2.23 bits per heavy atom. The Labute approximate surface area is 76.6 Å². The van der Waals surface area contributed by atoms with Gasteiger partial charge in [-0.1, -0.05) is 0 Å². The van der Waals surface area contributed by atoms with E-state index in [1.165, 1.54) is 6.92 Å². The Balaban J connectivity index is 2.45. The van der Waals surface area contributed by atoms with Crippen LogP contribution in [0.5, 0.6) is 0 Å². The van der Waals surface area contributed by atoms with E-state index in [2.05, 4.69) is 0 Å². The van der Waals surface area contributed by atoms with Crippen LogP contribution in [-0.4, -0.2) is 43.2 Å². The molecule has 0 aromatic carbocycles. The lowest BCUT2D eigenvalue weighted by atomic mass is 10.3. The van der Waals surface area contributed by atoms with E-state index in [0.717, 1.165) is 0 Å². The zero-order valence-electron chi connectivity index (χ0n) is 7.26. The smallest absolute Gasteiger partial charge is 0.332 e. The fourth-order valence-corrected chi connectivity index (χ4v) is 2.82. The van der Waals surface area contributed by atoms with E-state index in [4.69, 9.17) is 9.84 Å². The van der Waals surface area contributed by atoms with Crippen molar-refractivity contribution in [2.45, 2.75) is 25.6 Å². The van der Waals surface area contributed by atoms with Crippen molar-refractivity contribution in [1.29, 1.82) is 0 Å². The summed E-state index contributed by atoms with van der Waals surface area (Å²) in [6.45, 7) is 1.40. The quantitative estimate of drug-likeness (QED) is 0.686.